The minimum Gasteiger partial charge on any atom is -0.784 e. The van der Waals surface area contributed by atoms with Gasteiger partial charge in [0.1, 0.15) is 6.61 Å². The zero-order chi connectivity index (χ0) is 16.1. The number of carbonyl (C=O) groups is 1. The first-order valence-corrected chi connectivity index (χ1v) is 7.35. The van der Waals surface area contributed by atoms with E-state index in [-0.39, 0.29) is 19.1 Å². The Kier molecular flexibility index (Phi) is 5.93. The standard InChI is InChI=1S/C17H26NO3/c1-6-16(2,3)15(19)21-13-17(4,5)18(20)12-14-10-8-7-9-11-14/h7-11H,6,12-13H2,1-5H3/q-1. The molecule has 21 heavy (non-hydrogen) atoms. The normalized spacial score (nSPS) is 12.5. The van der Waals surface area contributed by atoms with Gasteiger partial charge in [0.25, 0.3) is 0 Å². The molecular formula is C17H26NO3-. The van der Waals surface area contributed by atoms with Crippen LogP contribution < -0.4 is 0 Å². The minimum atomic E-state index is -0.755. The van der Waals surface area contributed by atoms with Crippen molar-refractivity contribution in [1.29, 1.82) is 0 Å². The fraction of sp³-hybridized carbons (Fsp3) is 0.588. The van der Waals surface area contributed by atoms with Gasteiger partial charge in [-0.05, 0) is 39.7 Å². The Bertz CT molecular complexity index is 454. The van der Waals surface area contributed by atoms with Crippen LogP contribution in [-0.2, 0) is 16.1 Å². The summed E-state index contributed by atoms with van der Waals surface area (Å²) in [7, 11) is 0. The maximum absolute atomic E-state index is 12.3. The Morgan fingerprint density at radius 3 is 2.29 bits per heavy atom. The molecule has 0 radical (unpaired) electrons. The summed E-state index contributed by atoms with van der Waals surface area (Å²) in [5.74, 6) is -0.258. The number of hydrogen-bond donors (Lipinski definition) is 0. The van der Waals surface area contributed by atoms with Gasteiger partial charge in [-0.15, -0.1) is 0 Å². The lowest BCUT2D eigenvalue weighted by atomic mass is 9.90. The first-order chi connectivity index (χ1) is 9.69. The number of hydrogen-bond acceptors (Lipinski definition) is 4. The largest absolute Gasteiger partial charge is 0.784 e. The van der Waals surface area contributed by atoms with Crippen molar-refractivity contribution in [3.63, 3.8) is 0 Å². The average Bonchev–Trinajstić information content (AvgIpc) is 2.45. The molecule has 1 rings (SSSR count). The lowest BCUT2D eigenvalue weighted by Gasteiger charge is -2.43. The molecule has 4 nitrogen and oxygen atoms in total. The number of nitrogens with zero attached hydrogens (tertiary/aromatic N) is 1. The van der Waals surface area contributed by atoms with E-state index >= 15 is 0 Å². The first kappa shape index (κ1) is 17.7. The van der Waals surface area contributed by atoms with Crippen molar-refractivity contribution in [1.82, 2.24) is 5.06 Å². The number of esters is 1. The van der Waals surface area contributed by atoms with Gasteiger partial charge in [-0.25, -0.2) is 0 Å². The number of ether oxygens (including phenoxy) is 1. The highest BCUT2D eigenvalue weighted by Crippen LogP contribution is 2.24. The Hall–Kier alpha value is -1.39. The van der Waals surface area contributed by atoms with Crippen LogP contribution in [0.4, 0.5) is 0 Å². The molecule has 0 aromatic heterocycles. The van der Waals surface area contributed by atoms with Crippen molar-refractivity contribution in [3.8, 4) is 0 Å². The zero-order valence-corrected chi connectivity index (χ0v) is 13.7. The van der Waals surface area contributed by atoms with Crippen LogP contribution in [0.15, 0.2) is 30.3 Å². The molecule has 0 fully saturated rings. The third-order valence-corrected chi connectivity index (χ3v) is 3.84. The topological polar surface area (TPSA) is 52.6 Å². The Morgan fingerprint density at radius 1 is 1.19 bits per heavy atom. The van der Waals surface area contributed by atoms with Gasteiger partial charge in [0.2, 0.25) is 0 Å². The number of carbonyl (C=O) groups excluding carboxylic acids is 1. The van der Waals surface area contributed by atoms with Crippen LogP contribution in [0.1, 0.15) is 46.6 Å². The second kappa shape index (κ2) is 7.05. The monoisotopic (exact) mass is 292 g/mol. The summed E-state index contributed by atoms with van der Waals surface area (Å²) < 4.78 is 5.34. The lowest BCUT2D eigenvalue weighted by Crippen LogP contribution is -2.45. The predicted molar refractivity (Wildman–Crippen MR) is 84.5 cm³/mol. The molecule has 0 amide bonds. The molecule has 0 unspecified atom stereocenters. The number of rotatable bonds is 7. The molecule has 0 atom stereocenters. The molecular weight excluding hydrogens is 266 g/mol. The van der Waals surface area contributed by atoms with Gasteiger partial charge in [-0.2, -0.15) is 0 Å². The molecule has 1 aromatic carbocycles. The van der Waals surface area contributed by atoms with E-state index in [4.69, 9.17) is 4.74 Å². The van der Waals surface area contributed by atoms with Crippen molar-refractivity contribution < 1.29 is 9.53 Å². The highest BCUT2D eigenvalue weighted by atomic mass is 16.5. The molecule has 0 saturated carbocycles. The summed E-state index contributed by atoms with van der Waals surface area (Å²) in [5, 5.41) is 13.3. The third kappa shape index (κ3) is 5.14. The smallest absolute Gasteiger partial charge is 0.311 e. The summed E-state index contributed by atoms with van der Waals surface area (Å²) >= 11 is 0. The van der Waals surface area contributed by atoms with E-state index in [0.717, 1.165) is 10.6 Å². The number of benzene rings is 1. The minimum absolute atomic E-state index is 0.0889. The van der Waals surface area contributed by atoms with Crippen molar-refractivity contribution in [2.24, 2.45) is 5.41 Å². The van der Waals surface area contributed by atoms with Crippen LogP contribution >= 0.6 is 0 Å². The summed E-state index contributed by atoms with van der Waals surface area (Å²) in [6, 6.07) is 9.54. The van der Waals surface area contributed by atoms with Gasteiger partial charge in [-0.3, -0.25) is 4.79 Å². The molecule has 1 aromatic rings. The SMILES string of the molecule is CCC(C)(C)C(=O)OCC(C)(C)N([O-])Cc1ccccc1. The van der Waals surface area contributed by atoms with Crippen LogP contribution in [0, 0.1) is 10.6 Å². The van der Waals surface area contributed by atoms with E-state index < -0.39 is 11.0 Å². The third-order valence-electron chi connectivity index (χ3n) is 3.84. The van der Waals surface area contributed by atoms with Crippen LogP contribution in [0.25, 0.3) is 0 Å². The highest BCUT2D eigenvalue weighted by molar-refractivity contribution is 5.75. The average molecular weight is 292 g/mol. The van der Waals surface area contributed by atoms with Crippen molar-refractivity contribution in [2.45, 2.75) is 53.1 Å². The van der Waals surface area contributed by atoms with Crippen molar-refractivity contribution >= 4 is 5.97 Å². The Labute approximate surface area is 127 Å². The summed E-state index contributed by atoms with van der Waals surface area (Å²) in [6.45, 7) is 9.59. The van der Waals surface area contributed by atoms with Crippen LogP contribution in [0.5, 0.6) is 0 Å². The lowest BCUT2D eigenvalue weighted by molar-refractivity contribution is -0.157. The van der Waals surface area contributed by atoms with Gasteiger partial charge < -0.3 is 15.0 Å². The van der Waals surface area contributed by atoms with Gasteiger partial charge >= 0.3 is 5.97 Å². The van der Waals surface area contributed by atoms with Gasteiger partial charge in [0, 0.05) is 12.1 Å². The van der Waals surface area contributed by atoms with Gasteiger partial charge in [-0.1, -0.05) is 37.3 Å². The fourth-order valence-corrected chi connectivity index (χ4v) is 1.62. The molecule has 118 valence electrons. The van der Waals surface area contributed by atoms with Gasteiger partial charge in [0.05, 0.1) is 5.41 Å². The summed E-state index contributed by atoms with van der Waals surface area (Å²) in [6.07, 6.45) is 0.706. The van der Waals surface area contributed by atoms with E-state index in [9.17, 15) is 10.0 Å². The van der Waals surface area contributed by atoms with E-state index in [1.807, 2.05) is 51.1 Å². The Morgan fingerprint density at radius 2 is 1.76 bits per heavy atom. The van der Waals surface area contributed by atoms with E-state index in [0.29, 0.717) is 6.42 Å². The predicted octanol–water partition coefficient (Wildman–Crippen LogP) is 3.74. The number of hydroxylamine groups is 2. The molecule has 0 aliphatic heterocycles. The zero-order valence-electron chi connectivity index (χ0n) is 13.7. The molecule has 0 heterocycles. The maximum atomic E-state index is 12.3. The quantitative estimate of drug-likeness (QED) is 0.567. The van der Waals surface area contributed by atoms with Crippen LogP contribution in [0.3, 0.4) is 0 Å². The molecule has 0 aliphatic rings. The van der Waals surface area contributed by atoms with E-state index in [1.54, 1.807) is 13.8 Å². The highest BCUT2D eigenvalue weighted by Gasteiger charge is 2.30. The second-order valence-electron chi connectivity index (χ2n) is 6.65. The maximum Gasteiger partial charge on any atom is 0.311 e. The molecule has 0 spiro atoms. The molecule has 0 aliphatic carbocycles. The first-order valence-electron chi connectivity index (χ1n) is 7.35. The van der Waals surface area contributed by atoms with Crippen molar-refractivity contribution in [3.05, 3.63) is 41.1 Å². The van der Waals surface area contributed by atoms with Gasteiger partial charge in [0.15, 0.2) is 0 Å². The Balaban J connectivity index is 2.58. The molecule has 0 N–H and O–H groups in total. The molecule has 0 bridgehead atoms. The summed E-state index contributed by atoms with van der Waals surface area (Å²) in [5.41, 5.74) is -0.320. The van der Waals surface area contributed by atoms with Crippen molar-refractivity contribution in [2.75, 3.05) is 6.61 Å². The van der Waals surface area contributed by atoms with Crippen LogP contribution in [0.2, 0.25) is 0 Å². The molecule has 0 saturated heterocycles. The second-order valence-corrected chi connectivity index (χ2v) is 6.65. The summed E-state index contributed by atoms with van der Waals surface area (Å²) in [4.78, 5) is 12.0. The fourth-order valence-electron chi connectivity index (χ4n) is 1.62. The molecule has 4 heteroatoms. The van der Waals surface area contributed by atoms with Crippen LogP contribution in [-0.4, -0.2) is 23.2 Å². The van der Waals surface area contributed by atoms with E-state index in [1.165, 1.54) is 0 Å². The van der Waals surface area contributed by atoms with E-state index in [2.05, 4.69) is 0 Å².